The van der Waals surface area contributed by atoms with Crippen molar-refractivity contribution >= 4 is 62.3 Å². The molecule has 4 rings (SSSR count). The highest BCUT2D eigenvalue weighted by Crippen LogP contribution is 2.48. The molecule has 3 aromatic carbocycles. The van der Waals surface area contributed by atoms with E-state index in [2.05, 4.69) is 16.0 Å². The van der Waals surface area contributed by atoms with E-state index in [0.29, 0.717) is 18.8 Å². The average molecular weight is 632 g/mol. The van der Waals surface area contributed by atoms with Gasteiger partial charge in [0.1, 0.15) is 0 Å². The second-order valence-electron chi connectivity index (χ2n) is 10.8. The van der Waals surface area contributed by atoms with Gasteiger partial charge in [-0.05, 0) is 56.3 Å². The van der Waals surface area contributed by atoms with E-state index in [0.717, 1.165) is 0 Å². The van der Waals surface area contributed by atoms with Gasteiger partial charge in [-0.3, -0.25) is 9.59 Å². The molecule has 12 heteroatoms. The molecule has 1 unspecified atom stereocenters. The van der Waals surface area contributed by atoms with Crippen molar-refractivity contribution in [2.24, 2.45) is 5.41 Å². The third kappa shape index (κ3) is 5.58. The van der Waals surface area contributed by atoms with Crippen molar-refractivity contribution in [1.29, 1.82) is 0 Å². The molecule has 1 atom stereocenters. The van der Waals surface area contributed by atoms with Crippen molar-refractivity contribution in [2.75, 3.05) is 23.7 Å². The molecular weight excluding hydrogens is 599 g/mol. The Balaban J connectivity index is 1.87. The molecule has 4 amide bonds. The number of carbonyl (C=O) groups is 3. The summed E-state index contributed by atoms with van der Waals surface area (Å²) in [5, 5.41) is 8.52. The fourth-order valence-corrected chi connectivity index (χ4v) is 6.71. The first-order valence-corrected chi connectivity index (χ1v) is 15.5. The van der Waals surface area contributed by atoms with Crippen LogP contribution in [0.3, 0.4) is 0 Å². The standard InChI is InChI=1S/C30H32Cl2N4O5S/c1-6-36(7-2)28(39)35-30(21-10-8-9-11-23(21)32)22-16-18(31)17-24(25(22)34-27(30)38)42(40,41)20-14-12-19(13-15-20)33-26(37)29(3,4)5/h8-17H,6-7H2,1-5H3,(H,33,37)(H,34,38)(H,35,39). The lowest BCUT2D eigenvalue weighted by Crippen LogP contribution is -2.55. The predicted octanol–water partition coefficient (Wildman–Crippen LogP) is 6.06. The fraction of sp³-hybridized carbons (Fsp3) is 0.300. The van der Waals surface area contributed by atoms with E-state index in [1.165, 1.54) is 41.3 Å². The van der Waals surface area contributed by atoms with Gasteiger partial charge in [0.2, 0.25) is 15.7 Å². The van der Waals surface area contributed by atoms with Gasteiger partial charge < -0.3 is 20.9 Å². The van der Waals surface area contributed by atoms with Crippen LogP contribution in [-0.2, 0) is 25.0 Å². The first-order valence-electron chi connectivity index (χ1n) is 13.3. The summed E-state index contributed by atoms with van der Waals surface area (Å²) in [7, 11) is -4.25. The fourth-order valence-electron chi connectivity index (χ4n) is 4.69. The quantitative estimate of drug-likeness (QED) is 0.293. The summed E-state index contributed by atoms with van der Waals surface area (Å²) in [4.78, 5) is 40.8. The number of fused-ring (bicyclic) bond motifs is 1. The minimum atomic E-state index is -4.25. The zero-order chi connectivity index (χ0) is 31.0. The number of halogens is 2. The summed E-state index contributed by atoms with van der Waals surface area (Å²) < 4.78 is 27.9. The second-order valence-corrected chi connectivity index (χ2v) is 13.6. The largest absolute Gasteiger partial charge is 0.326 e. The number of urea groups is 1. The molecule has 0 bridgehead atoms. The smallest absolute Gasteiger partial charge is 0.318 e. The zero-order valence-corrected chi connectivity index (χ0v) is 26.2. The molecule has 3 aromatic rings. The lowest BCUT2D eigenvalue weighted by molar-refractivity contribution is -0.123. The van der Waals surface area contributed by atoms with E-state index in [1.54, 1.807) is 58.9 Å². The molecule has 0 fully saturated rings. The van der Waals surface area contributed by atoms with Crippen molar-refractivity contribution in [3.05, 3.63) is 81.8 Å². The normalized spacial score (nSPS) is 16.4. The molecule has 9 nitrogen and oxygen atoms in total. The topological polar surface area (TPSA) is 125 Å². The maximum atomic E-state index is 14.0. The SMILES string of the molecule is CCN(CC)C(=O)NC1(c2ccccc2Cl)C(=O)Nc2c1cc(Cl)cc2S(=O)(=O)c1ccc(NC(=O)C(C)(C)C)cc1. The highest BCUT2D eigenvalue weighted by atomic mass is 35.5. The molecule has 1 heterocycles. The van der Waals surface area contributed by atoms with Gasteiger partial charge >= 0.3 is 6.03 Å². The maximum Gasteiger partial charge on any atom is 0.318 e. The van der Waals surface area contributed by atoms with E-state index in [4.69, 9.17) is 23.2 Å². The molecule has 1 aliphatic heterocycles. The van der Waals surface area contributed by atoms with Gasteiger partial charge in [0.05, 0.1) is 15.5 Å². The Bertz CT molecular complexity index is 1670. The zero-order valence-electron chi connectivity index (χ0n) is 23.8. The second kappa shape index (κ2) is 11.6. The van der Waals surface area contributed by atoms with Crippen LogP contribution in [0.4, 0.5) is 16.2 Å². The maximum absolute atomic E-state index is 14.0. The Morgan fingerprint density at radius 2 is 1.57 bits per heavy atom. The number of hydrogen-bond donors (Lipinski definition) is 3. The Labute approximate surface area is 255 Å². The van der Waals surface area contributed by atoms with Crippen LogP contribution in [0.5, 0.6) is 0 Å². The van der Waals surface area contributed by atoms with Crippen LogP contribution in [0.25, 0.3) is 0 Å². The van der Waals surface area contributed by atoms with E-state index in [9.17, 15) is 22.8 Å². The van der Waals surface area contributed by atoms with Gasteiger partial charge in [0.15, 0.2) is 5.54 Å². The van der Waals surface area contributed by atoms with Gasteiger partial charge in [0.25, 0.3) is 5.91 Å². The van der Waals surface area contributed by atoms with Gasteiger partial charge in [-0.1, -0.05) is 62.2 Å². The highest BCUT2D eigenvalue weighted by molar-refractivity contribution is 7.91. The van der Waals surface area contributed by atoms with Crippen molar-refractivity contribution < 1.29 is 22.8 Å². The van der Waals surface area contributed by atoms with Gasteiger partial charge in [-0.2, -0.15) is 0 Å². The predicted molar refractivity (Wildman–Crippen MR) is 164 cm³/mol. The lowest BCUT2D eigenvalue weighted by Gasteiger charge is -2.33. The minimum Gasteiger partial charge on any atom is -0.326 e. The molecule has 0 spiro atoms. The first kappa shape index (κ1) is 31.3. The Kier molecular flexibility index (Phi) is 8.64. The van der Waals surface area contributed by atoms with Crippen LogP contribution in [0.1, 0.15) is 45.7 Å². The molecular formula is C30H32Cl2N4O5S. The number of benzene rings is 3. The number of amides is 4. The highest BCUT2D eigenvalue weighted by Gasteiger charge is 2.53. The number of carbonyl (C=O) groups excluding carboxylic acids is 3. The van der Waals surface area contributed by atoms with E-state index < -0.39 is 32.7 Å². The third-order valence-corrected chi connectivity index (χ3v) is 9.41. The number of nitrogens with zero attached hydrogens (tertiary/aromatic N) is 1. The minimum absolute atomic E-state index is 0.0192. The average Bonchev–Trinajstić information content (AvgIpc) is 3.20. The number of nitrogens with one attached hydrogen (secondary N) is 3. The van der Waals surface area contributed by atoms with E-state index in [-0.39, 0.29) is 42.6 Å². The lowest BCUT2D eigenvalue weighted by atomic mass is 9.83. The van der Waals surface area contributed by atoms with Gasteiger partial charge in [0, 0.05) is 45.4 Å². The molecule has 3 N–H and O–H groups in total. The summed E-state index contributed by atoms with van der Waals surface area (Å²) in [5.41, 5.74) is -1.71. The van der Waals surface area contributed by atoms with E-state index >= 15 is 0 Å². The number of hydrogen-bond acceptors (Lipinski definition) is 5. The summed E-state index contributed by atoms with van der Waals surface area (Å²) >= 11 is 13.1. The van der Waals surface area contributed by atoms with E-state index in [1.807, 2.05) is 0 Å². The van der Waals surface area contributed by atoms with Crippen molar-refractivity contribution in [3.8, 4) is 0 Å². The molecule has 1 aliphatic rings. The monoisotopic (exact) mass is 630 g/mol. The van der Waals surface area contributed by atoms with Crippen molar-refractivity contribution in [2.45, 2.75) is 49.9 Å². The van der Waals surface area contributed by atoms with Crippen LogP contribution in [0.2, 0.25) is 10.0 Å². The molecule has 42 heavy (non-hydrogen) atoms. The Morgan fingerprint density at radius 3 is 2.14 bits per heavy atom. The van der Waals surface area contributed by atoms with Gasteiger partial charge in [-0.15, -0.1) is 0 Å². The number of sulfone groups is 1. The molecule has 0 saturated carbocycles. The third-order valence-electron chi connectivity index (χ3n) is 7.07. The molecule has 0 aromatic heterocycles. The molecule has 0 radical (unpaired) electrons. The van der Waals surface area contributed by atoms with Crippen LogP contribution in [-0.4, -0.2) is 44.3 Å². The van der Waals surface area contributed by atoms with Crippen molar-refractivity contribution in [3.63, 3.8) is 0 Å². The summed E-state index contributed by atoms with van der Waals surface area (Å²) in [5.74, 6) is -0.916. The molecule has 0 aliphatic carbocycles. The van der Waals surface area contributed by atoms with Crippen LogP contribution in [0, 0.1) is 5.41 Å². The van der Waals surface area contributed by atoms with Crippen molar-refractivity contribution in [1.82, 2.24) is 10.2 Å². The first-order chi connectivity index (χ1) is 19.7. The molecule has 222 valence electrons. The summed E-state index contributed by atoms with van der Waals surface area (Å²) in [6.45, 7) is 9.64. The molecule has 0 saturated heterocycles. The number of anilines is 2. The van der Waals surface area contributed by atoms with Gasteiger partial charge in [-0.25, -0.2) is 13.2 Å². The summed E-state index contributed by atoms with van der Waals surface area (Å²) in [6.07, 6.45) is 0. The Hall–Kier alpha value is -3.60. The number of rotatable bonds is 7. The summed E-state index contributed by atoms with van der Waals surface area (Å²) in [6, 6.07) is 14.4. The van der Waals surface area contributed by atoms with Crippen LogP contribution < -0.4 is 16.0 Å². The van der Waals surface area contributed by atoms with Crippen LogP contribution in [0.15, 0.2) is 70.5 Å². The Morgan fingerprint density at radius 1 is 0.952 bits per heavy atom. The van der Waals surface area contributed by atoms with Crippen LogP contribution >= 0.6 is 23.2 Å².